The van der Waals surface area contributed by atoms with Crippen molar-refractivity contribution in [1.29, 1.82) is 0 Å². The summed E-state index contributed by atoms with van der Waals surface area (Å²) in [6.07, 6.45) is 1.93. The van der Waals surface area contributed by atoms with E-state index < -0.39 is 12.0 Å². The number of carbonyl (C=O) groups excluding carboxylic acids is 1. The number of fused-ring (bicyclic) bond motifs is 1. The molecule has 1 aliphatic heterocycles. The number of nitrogens with zero attached hydrogens (tertiary/aromatic N) is 3. The van der Waals surface area contributed by atoms with Gasteiger partial charge >= 0.3 is 5.97 Å². The summed E-state index contributed by atoms with van der Waals surface area (Å²) in [6.45, 7) is 12.4. The predicted octanol–water partition coefficient (Wildman–Crippen LogP) is 4.91. The number of aromatic nitrogens is 2. The van der Waals surface area contributed by atoms with Crippen molar-refractivity contribution in [2.75, 3.05) is 13.2 Å². The number of thiazole rings is 1. The molecule has 0 N–H and O–H groups in total. The molecule has 2 aromatic carbocycles. The van der Waals surface area contributed by atoms with E-state index in [0.29, 0.717) is 27.2 Å². The third-order valence-corrected chi connectivity index (χ3v) is 8.06. The Hall–Kier alpha value is -4.17. The number of ether oxygens (including phenoxy) is 2. The van der Waals surface area contributed by atoms with Crippen LogP contribution in [-0.2, 0) is 9.53 Å². The molecule has 7 nitrogen and oxygen atoms in total. The van der Waals surface area contributed by atoms with E-state index in [0.717, 1.165) is 34.0 Å². The van der Waals surface area contributed by atoms with E-state index in [1.807, 2.05) is 37.3 Å². The second-order valence-electron chi connectivity index (χ2n) is 9.80. The minimum Gasteiger partial charge on any atom is -0.494 e. The molecule has 206 valence electrons. The molecule has 0 amide bonds. The quantitative estimate of drug-likeness (QED) is 0.304. The monoisotopic (exact) mass is 555 g/mol. The summed E-state index contributed by atoms with van der Waals surface area (Å²) >= 11 is 1.33. The zero-order valence-electron chi connectivity index (χ0n) is 23.6. The van der Waals surface area contributed by atoms with Crippen LogP contribution in [0.25, 0.3) is 11.8 Å². The van der Waals surface area contributed by atoms with Crippen LogP contribution in [0.15, 0.2) is 75.7 Å². The highest BCUT2D eigenvalue weighted by Crippen LogP contribution is 2.31. The van der Waals surface area contributed by atoms with Gasteiger partial charge in [0.25, 0.3) is 5.56 Å². The van der Waals surface area contributed by atoms with Crippen molar-refractivity contribution in [2.45, 2.75) is 47.6 Å². The van der Waals surface area contributed by atoms with Crippen molar-refractivity contribution in [2.24, 2.45) is 4.99 Å². The van der Waals surface area contributed by atoms with E-state index in [-0.39, 0.29) is 12.2 Å². The Labute approximate surface area is 237 Å². The molecule has 8 heteroatoms. The Kier molecular flexibility index (Phi) is 7.63. The summed E-state index contributed by atoms with van der Waals surface area (Å²) in [5.41, 5.74) is 6.85. The Bertz CT molecular complexity index is 1790. The fourth-order valence-electron chi connectivity index (χ4n) is 5.19. The third-order valence-electron chi connectivity index (χ3n) is 7.07. The van der Waals surface area contributed by atoms with Gasteiger partial charge in [0.05, 0.1) is 35.1 Å². The van der Waals surface area contributed by atoms with E-state index in [4.69, 9.17) is 9.47 Å². The van der Waals surface area contributed by atoms with Crippen LogP contribution in [0.2, 0.25) is 0 Å². The predicted molar refractivity (Wildman–Crippen MR) is 158 cm³/mol. The van der Waals surface area contributed by atoms with Crippen LogP contribution in [0.1, 0.15) is 54.9 Å². The average molecular weight is 556 g/mol. The van der Waals surface area contributed by atoms with E-state index in [2.05, 4.69) is 60.7 Å². The van der Waals surface area contributed by atoms with Crippen molar-refractivity contribution in [1.82, 2.24) is 9.13 Å². The minimum absolute atomic E-state index is 0.197. The molecule has 4 aromatic rings. The lowest BCUT2D eigenvalue weighted by Crippen LogP contribution is -2.39. The first-order valence-corrected chi connectivity index (χ1v) is 14.2. The summed E-state index contributed by atoms with van der Waals surface area (Å²) in [4.78, 5) is 32.4. The number of rotatable bonds is 7. The van der Waals surface area contributed by atoms with Crippen LogP contribution in [0.3, 0.4) is 0 Å². The van der Waals surface area contributed by atoms with Gasteiger partial charge in [0.1, 0.15) is 5.75 Å². The molecular weight excluding hydrogens is 522 g/mol. The Morgan fingerprint density at radius 3 is 2.35 bits per heavy atom. The molecule has 40 heavy (non-hydrogen) atoms. The van der Waals surface area contributed by atoms with Crippen LogP contribution in [0.5, 0.6) is 5.75 Å². The number of benzene rings is 2. The normalized spacial score (nSPS) is 15.2. The second kappa shape index (κ2) is 11.1. The maximum absolute atomic E-state index is 14.0. The SMILES string of the molecule is CCOC(=O)C1=C(C)N=c2s/c(=C\c3cc(C)n(-c4ccc(C)cc4)c3C)c(=O)n2[C@@H]1c1ccc(OCC)cc1. The highest BCUT2D eigenvalue weighted by atomic mass is 32.1. The lowest BCUT2D eigenvalue weighted by Gasteiger charge is -2.24. The van der Waals surface area contributed by atoms with Crippen molar-refractivity contribution < 1.29 is 14.3 Å². The van der Waals surface area contributed by atoms with Gasteiger partial charge in [-0.2, -0.15) is 0 Å². The molecule has 0 unspecified atom stereocenters. The highest BCUT2D eigenvalue weighted by molar-refractivity contribution is 7.07. The average Bonchev–Trinajstić information content (AvgIpc) is 3.38. The van der Waals surface area contributed by atoms with Crippen LogP contribution < -0.4 is 19.6 Å². The number of esters is 1. The zero-order valence-corrected chi connectivity index (χ0v) is 24.5. The van der Waals surface area contributed by atoms with Crippen LogP contribution in [0, 0.1) is 20.8 Å². The second-order valence-corrected chi connectivity index (χ2v) is 10.8. The van der Waals surface area contributed by atoms with E-state index >= 15 is 0 Å². The van der Waals surface area contributed by atoms with E-state index in [1.165, 1.54) is 16.9 Å². The standard InChI is InChI=1S/C32H33N3O4S/c1-7-38-26-15-11-23(12-16-26)29-28(31(37)39-8-2)21(5)33-32-35(29)30(36)27(40-32)18-24-17-20(4)34(22(24)6)25-13-9-19(3)10-14-25/h9-18,29H,7-8H2,1-6H3/b27-18-/t29-/m1/s1. The maximum Gasteiger partial charge on any atom is 0.338 e. The fraction of sp³-hybridized carbons (Fsp3) is 0.281. The molecule has 3 heterocycles. The van der Waals surface area contributed by atoms with Crippen molar-refractivity contribution in [3.63, 3.8) is 0 Å². The third kappa shape index (κ3) is 4.95. The molecule has 0 saturated carbocycles. The van der Waals surface area contributed by atoms with Gasteiger partial charge in [-0.05, 0) is 89.1 Å². The van der Waals surface area contributed by atoms with Gasteiger partial charge in [-0.3, -0.25) is 9.36 Å². The van der Waals surface area contributed by atoms with Gasteiger partial charge in [-0.15, -0.1) is 0 Å². The van der Waals surface area contributed by atoms with Gasteiger partial charge in [-0.1, -0.05) is 41.2 Å². The number of hydrogen-bond acceptors (Lipinski definition) is 6. The molecule has 0 bridgehead atoms. The molecule has 0 radical (unpaired) electrons. The topological polar surface area (TPSA) is 74.8 Å². The Morgan fingerprint density at radius 2 is 1.70 bits per heavy atom. The lowest BCUT2D eigenvalue weighted by atomic mass is 9.96. The molecular formula is C32H33N3O4S. The summed E-state index contributed by atoms with van der Waals surface area (Å²) < 4.78 is 15.4. The molecule has 0 fully saturated rings. The molecule has 0 spiro atoms. The number of allylic oxidation sites excluding steroid dienone is 1. The molecule has 1 aliphatic rings. The summed E-state index contributed by atoms with van der Waals surface area (Å²) in [7, 11) is 0. The fourth-order valence-corrected chi connectivity index (χ4v) is 6.22. The zero-order chi connectivity index (χ0) is 28.6. The van der Waals surface area contributed by atoms with Gasteiger partial charge in [0.2, 0.25) is 0 Å². The summed E-state index contributed by atoms with van der Waals surface area (Å²) in [5, 5.41) is 0. The van der Waals surface area contributed by atoms with Gasteiger partial charge in [0.15, 0.2) is 4.80 Å². The highest BCUT2D eigenvalue weighted by Gasteiger charge is 2.33. The van der Waals surface area contributed by atoms with Crippen LogP contribution in [-0.4, -0.2) is 28.3 Å². The largest absolute Gasteiger partial charge is 0.494 e. The summed E-state index contributed by atoms with van der Waals surface area (Å²) in [6, 6.07) is 17.3. The van der Waals surface area contributed by atoms with Crippen molar-refractivity contribution in [3.05, 3.63) is 114 Å². The first-order valence-electron chi connectivity index (χ1n) is 13.4. The van der Waals surface area contributed by atoms with Crippen LogP contribution >= 0.6 is 11.3 Å². The van der Waals surface area contributed by atoms with Gasteiger partial charge in [-0.25, -0.2) is 9.79 Å². The number of aryl methyl sites for hydroxylation is 2. The van der Waals surface area contributed by atoms with E-state index in [1.54, 1.807) is 18.4 Å². The van der Waals surface area contributed by atoms with Crippen molar-refractivity contribution in [3.8, 4) is 11.4 Å². The first-order chi connectivity index (χ1) is 19.2. The maximum atomic E-state index is 14.0. The first kappa shape index (κ1) is 27.4. The van der Waals surface area contributed by atoms with Crippen LogP contribution in [0.4, 0.5) is 0 Å². The summed E-state index contributed by atoms with van der Waals surface area (Å²) in [5.74, 6) is 0.250. The molecule has 0 aliphatic carbocycles. The Balaban J connectivity index is 1.66. The Morgan fingerprint density at radius 1 is 1.00 bits per heavy atom. The molecule has 2 aromatic heterocycles. The lowest BCUT2D eigenvalue weighted by molar-refractivity contribution is -0.139. The van der Waals surface area contributed by atoms with E-state index in [9.17, 15) is 9.59 Å². The molecule has 1 atom stereocenters. The van der Waals surface area contributed by atoms with Gasteiger partial charge in [0, 0.05) is 17.1 Å². The number of hydrogen-bond donors (Lipinski definition) is 0. The van der Waals surface area contributed by atoms with Gasteiger partial charge < -0.3 is 14.0 Å². The minimum atomic E-state index is -0.659. The molecule has 5 rings (SSSR count). The smallest absolute Gasteiger partial charge is 0.338 e. The molecule has 0 saturated heterocycles. The van der Waals surface area contributed by atoms with Crippen molar-refractivity contribution >= 4 is 23.4 Å². The number of carbonyl (C=O) groups is 1.